The number of morpholine rings is 1. The van der Waals surface area contributed by atoms with E-state index < -0.39 is 0 Å². The minimum Gasteiger partial charge on any atom is -0.379 e. The van der Waals surface area contributed by atoms with Crippen LogP contribution in [0.15, 0.2) is 36.7 Å². The molecule has 2 aromatic rings. The topological polar surface area (TPSA) is 84.6 Å². The van der Waals surface area contributed by atoms with Gasteiger partial charge >= 0.3 is 0 Å². The van der Waals surface area contributed by atoms with Gasteiger partial charge in [-0.15, -0.1) is 0 Å². The fourth-order valence-corrected chi connectivity index (χ4v) is 4.00. The van der Waals surface area contributed by atoms with Gasteiger partial charge in [0.05, 0.1) is 13.2 Å². The van der Waals surface area contributed by atoms with Crippen LogP contribution in [0.4, 0.5) is 5.95 Å². The Morgan fingerprint density at radius 3 is 2.46 bits per heavy atom. The lowest BCUT2D eigenvalue weighted by Crippen LogP contribution is -2.51. The number of anilines is 1. The first kappa shape index (κ1) is 18.8. The zero-order valence-corrected chi connectivity index (χ0v) is 16.1. The second kappa shape index (κ2) is 8.67. The number of likely N-dealkylation sites (tertiary alicyclic amines) is 1. The van der Waals surface area contributed by atoms with Crippen molar-refractivity contribution in [3.8, 4) is 11.1 Å². The fraction of sp³-hybridized carbons (Fsp3) is 0.476. The van der Waals surface area contributed by atoms with Gasteiger partial charge in [-0.3, -0.25) is 9.69 Å². The number of benzene rings is 1. The minimum atomic E-state index is 0.123. The van der Waals surface area contributed by atoms with Crippen LogP contribution in [0.2, 0.25) is 0 Å². The zero-order valence-electron chi connectivity index (χ0n) is 16.1. The smallest absolute Gasteiger partial charge is 0.254 e. The highest BCUT2D eigenvalue weighted by Crippen LogP contribution is 2.23. The highest BCUT2D eigenvalue weighted by molar-refractivity contribution is 5.95. The summed E-state index contributed by atoms with van der Waals surface area (Å²) in [5.74, 6) is 0.380. The van der Waals surface area contributed by atoms with E-state index in [-0.39, 0.29) is 17.9 Å². The van der Waals surface area contributed by atoms with E-state index in [1.165, 1.54) is 6.42 Å². The fourth-order valence-electron chi connectivity index (χ4n) is 4.00. The first-order valence-electron chi connectivity index (χ1n) is 10.00. The van der Waals surface area contributed by atoms with Gasteiger partial charge in [-0.2, -0.15) is 0 Å². The van der Waals surface area contributed by atoms with Crippen molar-refractivity contribution in [2.75, 3.05) is 45.1 Å². The summed E-state index contributed by atoms with van der Waals surface area (Å²) >= 11 is 0. The van der Waals surface area contributed by atoms with Crippen LogP contribution in [-0.4, -0.2) is 71.1 Å². The summed E-state index contributed by atoms with van der Waals surface area (Å²) in [7, 11) is 0. The molecule has 0 spiro atoms. The molecule has 2 saturated heterocycles. The van der Waals surface area contributed by atoms with Gasteiger partial charge in [0.15, 0.2) is 0 Å². The van der Waals surface area contributed by atoms with Gasteiger partial charge in [-0.25, -0.2) is 9.97 Å². The Bertz CT molecular complexity index is 787. The molecule has 0 unspecified atom stereocenters. The predicted octanol–water partition coefficient (Wildman–Crippen LogP) is 2.05. The monoisotopic (exact) mass is 381 g/mol. The van der Waals surface area contributed by atoms with Crippen molar-refractivity contribution in [1.29, 1.82) is 0 Å². The van der Waals surface area contributed by atoms with E-state index in [4.69, 9.17) is 10.5 Å². The molecule has 7 nitrogen and oxygen atoms in total. The number of hydrogen-bond donors (Lipinski definition) is 1. The first-order chi connectivity index (χ1) is 13.7. The standard InChI is InChI=1S/C21H27N5O2/c22-21-23-13-18(14-24-21)16-4-6-17(7-5-16)20(27)26-8-2-1-3-19(26)15-25-9-11-28-12-10-25/h4-7,13-14,19H,1-3,8-12,15H2,(H2,22,23,24)/t19-/m1/s1. The van der Waals surface area contributed by atoms with Crippen molar-refractivity contribution < 1.29 is 9.53 Å². The summed E-state index contributed by atoms with van der Waals surface area (Å²) in [6.07, 6.45) is 6.73. The lowest BCUT2D eigenvalue weighted by molar-refractivity contribution is 0.0166. The summed E-state index contributed by atoms with van der Waals surface area (Å²) in [4.78, 5) is 25.7. The van der Waals surface area contributed by atoms with Crippen LogP contribution in [0.5, 0.6) is 0 Å². The molecule has 1 atom stereocenters. The maximum Gasteiger partial charge on any atom is 0.254 e. The molecule has 0 saturated carbocycles. The van der Waals surface area contributed by atoms with Crippen molar-refractivity contribution in [2.45, 2.75) is 25.3 Å². The number of aromatic nitrogens is 2. The van der Waals surface area contributed by atoms with Gasteiger partial charge < -0.3 is 15.4 Å². The molecule has 1 aromatic heterocycles. The van der Waals surface area contributed by atoms with E-state index in [2.05, 4.69) is 19.8 Å². The molecule has 4 rings (SSSR count). The Morgan fingerprint density at radius 2 is 1.75 bits per heavy atom. The number of carbonyl (C=O) groups is 1. The Kier molecular flexibility index (Phi) is 5.83. The normalized spacial score (nSPS) is 20.9. The molecule has 7 heteroatoms. The van der Waals surface area contributed by atoms with Crippen molar-refractivity contribution >= 4 is 11.9 Å². The summed E-state index contributed by atoms with van der Waals surface area (Å²) in [6, 6.07) is 7.97. The Balaban J connectivity index is 1.46. The molecule has 2 fully saturated rings. The van der Waals surface area contributed by atoms with Gasteiger partial charge in [0.2, 0.25) is 5.95 Å². The second-order valence-corrected chi connectivity index (χ2v) is 7.47. The van der Waals surface area contributed by atoms with Crippen molar-refractivity contribution in [3.05, 3.63) is 42.2 Å². The summed E-state index contributed by atoms with van der Waals surface area (Å²) in [6.45, 7) is 5.26. The van der Waals surface area contributed by atoms with E-state index in [0.717, 1.165) is 68.9 Å². The molecule has 1 amide bonds. The molecule has 2 N–H and O–H groups in total. The zero-order chi connectivity index (χ0) is 19.3. The van der Waals surface area contributed by atoms with E-state index in [0.29, 0.717) is 0 Å². The number of carbonyl (C=O) groups excluding carboxylic acids is 1. The van der Waals surface area contributed by atoms with E-state index in [1.54, 1.807) is 12.4 Å². The van der Waals surface area contributed by atoms with Crippen LogP contribution in [0, 0.1) is 0 Å². The van der Waals surface area contributed by atoms with Gasteiger partial charge in [-0.1, -0.05) is 12.1 Å². The number of rotatable bonds is 4. The average molecular weight is 381 g/mol. The lowest BCUT2D eigenvalue weighted by Gasteiger charge is -2.39. The van der Waals surface area contributed by atoms with Crippen molar-refractivity contribution in [3.63, 3.8) is 0 Å². The third-order valence-electron chi connectivity index (χ3n) is 5.60. The van der Waals surface area contributed by atoms with Crippen LogP contribution >= 0.6 is 0 Å². The molecular formula is C21H27N5O2. The lowest BCUT2D eigenvalue weighted by atomic mass is 9.99. The molecular weight excluding hydrogens is 354 g/mol. The third-order valence-corrected chi connectivity index (χ3v) is 5.60. The van der Waals surface area contributed by atoms with Crippen molar-refractivity contribution in [2.24, 2.45) is 0 Å². The number of hydrogen-bond acceptors (Lipinski definition) is 6. The third kappa shape index (κ3) is 4.31. The number of nitrogens with two attached hydrogens (primary N) is 1. The highest BCUT2D eigenvalue weighted by Gasteiger charge is 2.29. The number of nitrogens with zero attached hydrogens (tertiary/aromatic N) is 4. The molecule has 0 bridgehead atoms. The molecule has 1 aromatic carbocycles. The molecule has 3 heterocycles. The largest absolute Gasteiger partial charge is 0.379 e. The summed E-state index contributed by atoms with van der Waals surface area (Å²) in [5, 5.41) is 0. The number of amides is 1. The highest BCUT2D eigenvalue weighted by atomic mass is 16.5. The van der Waals surface area contributed by atoms with Gasteiger partial charge in [0.1, 0.15) is 0 Å². The Labute approximate surface area is 165 Å². The van der Waals surface area contributed by atoms with Gasteiger partial charge in [-0.05, 0) is 37.0 Å². The van der Waals surface area contributed by atoms with Crippen LogP contribution < -0.4 is 5.73 Å². The van der Waals surface area contributed by atoms with Crippen LogP contribution in [0.25, 0.3) is 11.1 Å². The molecule has 0 aliphatic carbocycles. The van der Waals surface area contributed by atoms with E-state index >= 15 is 0 Å². The Hall–Kier alpha value is -2.51. The van der Waals surface area contributed by atoms with Gasteiger partial charge in [0.25, 0.3) is 5.91 Å². The minimum absolute atomic E-state index is 0.123. The van der Waals surface area contributed by atoms with E-state index in [9.17, 15) is 4.79 Å². The quantitative estimate of drug-likeness (QED) is 0.873. The predicted molar refractivity (Wildman–Crippen MR) is 108 cm³/mol. The molecule has 148 valence electrons. The average Bonchev–Trinajstić information content (AvgIpc) is 2.75. The number of piperidine rings is 1. The summed E-state index contributed by atoms with van der Waals surface area (Å²) < 4.78 is 5.45. The Morgan fingerprint density at radius 1 is 1.04 bits per heavy atom. The van der Waals surface area contributed by atoms with E-state index in [1.807, 2.05) is 24.3 Å². The second-order valence-electron chi connectivity index (χ2n) is 7.47. The summed E-state index contributed by atoms with van der Waals surface area (Å²) in [5.41, 5.74) is 8.14. The van der Waals surface area contributed by atoms with Crippen molar-refractivity contribution in [1.82, 2.24) is 19.8 Å². The number of ether oxygens (including phenoxy) is 1. The molecule has 0 radical (unpaired) electrons. The van der Waals surface area contributed by atoms with Gasteiger partial charge in [0, 0.05) is 55.7 Å². The van der Waals surface area contributed by atoms with Crippen LogP contribution in [0.3, 0.4) is 0 Å². The SMILES string of the molecule is Nc1ncc(-c2ccc(C(=O)N3CCCC[C@@H]3CN3CCOCC3)cc2)cn1. The molecule has 2 aliphatic heterocycles. The number of nitrogen functional groups attached to an aromatic ring is 1. The first-order valence-corrected chi connectivity index (χ1v) is 10.00. The maximum absolute atomic E-state index is 13.2. The molecule has 2 aliphatic rings. The van der Waals surface area contributed by atoms with Crippen LogP contribution in [0.1, 0.15) is 29.6 Å². The maximum atomic E-state index is 13.2. The molecule has 28 heavy (non-hydrogen) atoms. The van der Waals surface area contributed by atoms with Crippen LogP contribution in [-0.2, 0) is 4.74 Å².